The van der Waals surface area contributed by atoms with Gasteiger partial charge in [0.25, 0.3) is 0 Å². The highest BCUT2D eigenvalue weighted by Gasteiger charge is 2.33. The summed E-state index contributed by atoms with van der Waals surface area (Å²) in [5, 5.41) is 16.7. The smallest absolute Gasteiger partial charge is 0.237 e. The number of amides is 2. The number of nitrogens with zero attached hydrogens (tertiary/aromatic N) is 1. The van der Waals surface area contributed by atoms with Crippen molar-refractivity contribution < 1.29 is 14.7 Å². The van der Waals surface area contributed by atoms with Crippen molar-refractivity contribution in [3.05, 3.63) is 92.5 Å². The first kappa shape index (κ1) is 25.5. The maximum Gasteiger partial charge on any atom is 0.237 e. The van der Waals surface area contributed by atoms with Crippen LogP contribution in [-0.4, -0.2) is 36.1 Å². The lowest BCUT2D eigenvalue weighted by Gasteiger charge is -2.36. The predicted octanol–water partition coefficient (Wildman–Crippen LogP) is 4.72. The number of nitrogens with one attached hydrogen (secondary N) is 2. The molecular weight excluding hydrogens is 530 g/mol. The van der Waals surface area contributed by atoms with Crippen molar-refractivity contribution >= 4 is 33.4 Å². The van der Waals surface area contributed by atoms with E-state index in [0.717, 1.165) is 50.8 Å². The number of aryl methyl sites for hydroxylation is 1. The number of rotatable bonds is 4. The van der Waals surface area contributed by atoms with Gasteiger partial charge in [-0.2, -0.15) is 0 Å². The van der Waals surface area contributed by atoms with Gasteiger partial charge in [0.2, 0.25) is 11.8 Å². The summed E-state index contributed by atoms with van der Waals surface area (Å²) < 4.78 is 0.863. The number of halogens is 1. The number of anilines is 1. The van der Waals surface area contributed by atoms with E-state index in [1.807, 2.05) is 31.2 Å². The molecule has 7 heteroatoms. The molecule has 2 atom stereocenters. The number of carbonyl (C=O) groups is 2. The first-order valence-electron chi connectivity index (χ1n) is 12.8. The van der Waals surface area contributed by atoms with Crippen LogP contribution in [0.1, 0.15) is 52.8 Å². The minimum absolute atomic E-state index is 0.0108. The first-order chi connectivity index (χ1) is 17.8. The second-order valence-corrected chi connectivity index (χ2v) is 10.9. The molecule has 2 heterocycles. The topological polar surface area (TPSA) is 81.7 Å². The fourth-order valence-electron chi connectivity index (χ4n) is 5.65. The summed E-state index contributed by atoms with van der Waals surface area (Å²) in [4.78, 5) is 27.8. The van der Waals surface area contributed by atoms with Gasteiger partial charge in [0.1, 0.15) is 5.75 Å². The van der Waals surface area contributed by atoms with Crippen LogP contribution in [-0.2, 0) is 28.9 Å². The Morgan fingerprint density at radius 2 is 1.92 bits per heavy atom. The molecule has 5 rings (SSSR count). The zero-order valence-electron chi connectivity index (χ0n) is 21.2. The maximum atomic E-state index is 13.6. The van der Waals surface area contributed by atoms with Crippen molar-refractivity contribution in [3.8, 4) is 5.75 Å². The summed E-state index contributed by atoms with van der Waals surface area (Å²) in [6, 6.07) is 17.5. The lowest BCUT2D eigenvalue weighted by molar-refractivity contribution is -0.123. The van der Waals surface area contributed by atoms with E-state index in [2.05, 4.69) is 50.8 Å². The van der Waals surface area contributed by atoms with Crippen LogP contribution in [0.2, 0.25) is 0 Å². The van der Waals surface area contributed by atoms with Crippen LogP contribution < -0.4 is 15.5 Å². The SMILES string of the molecule is CC(=O)N1CCC(NC(=O)C2Cc3c(C)cc(O)cc3CCN2)c2cc(Cc3ccccc3)cc(Br)c21. The zero-order chi connectivity index (χ0) is 26.1. The molecule has 6 nitrogen and oxygen atoms in total. The molecule has 0 aromatic heterocycles. The van der Waals surface area contributed by atoms with Gasteiger partial charge in [-0.25, -0.2) is 0 Å². The average Bonchev–Trinajstić information content (AvgIpc) is 3.08. The summed E-state index contributed by atoms with van der Waals surface area (Å²) >= 11 is 3.73. The van der Waals surface area contributed by atoms with Crippen LogP contribution in [0.3, 0.4) is 0 Å². The van der Waals surface area contributed by atoms with Crippen LogP contribution >= 0.6 is 15.9 Å². The van der Waals surface area contributed by atoms with Gasteiger partial charge in [0, 0.05) is 17.9 Å². The zero-order valence-corrected chi connectivity index (χ0v) is 22.8. The Balaban J connectivity index is 1.43. The second kappa shape index (κ2) is 10.7. The third-order valence-electron chi connectivity index (χ3n) is 7.45. The van der Waals surface area contributed by atoms with E-state index >= 15 is 0 Å². The minimum atomic E-state index is -0.366. The van der Waals surface area contributed by atoms with Gasteiger partial charge in [-0.05, 0) is 107 Å². The maximum absolute atomic E-state index is 13.6. The van der Waals surface area contributed by atoms with Gasteiger partial charge < -0.3 is 20.6 Å². The molecule has 0 saturated heterocycles. The van der Waals surface area contributed by atoms with E-state index in [1.54, 1.807) is 17.9 Å². The third kappa shape index (κ3) is 5.43. The van der Waals surface area contributed by atoms with Gasteiger partial charge in [-0.15, -0.1) is 0 Å². The number of phenolic OH excluding ortho intramolecular Hbond substituents is 1. The Morgan fingerprint density at radius 3 is 2.68 bits per heavy atom. The van der Waals surface area contributed by atoms with E-state index in [4.69, 9.17) is 0 Å². The molecule has 2 unspecified atom stereocenters. The number of carbonyl (C=O) groups excluding carboxylic acids is 2. The Kier molecular flexibility index (Phi) is 7.36. The number of benzene rings is 3. The van der Waals surface area contributed by atoms with Crippen molar-refractivity contribution in [1.29, 1.82) is 0 Å². The standard InChI is InChI=1S/C30H32BrN3O3/c1-18-12-23(36)16-22-8-10-32-28(17-24(18)22)30(37)33-27-9-11-34(19(2)35)29-25(27)14-21(15-26(29)31)13-20-6-4-3-5-7-20/h3-7,12,14-16,27-28,32,36H,8-11,13,17H2,1-2H3,(H,33,37). The van der Waals surface area contributed by atoms with Crippen LogP contribution in [0.5, 0.6) is 5.75 Å². The highest BCUT2D eigenvalue weighted by atomic mass is 79.9. The molecule has 0 aliphatic carbocycles. The molecule has 0 saturated carbocycles. The molecular formula is C30H32BrN3O3. The molecule has 2 aliphatic heterocycles. The molecule has 2 aliphatic rings. The number of aromatic hydroxyl groups is 1. The molecule has 37 heavy (non-hydrogen) atoms. The summed E-state index contributed by atoms with van der Waals surface area (Å²) in [6.07, 6.45) is 2.75. The van der Waals surface area contributed by atoms with Gasteiger partial charge in [-0.1, -0.05) is 36.4 Å². The Hall–Kier alpha value is -3.16. The molecule has 2 amide bonds. The largest absolute Gasteiger partial charge is 0.508 e. The highest BCUT2D eigenvalue weighted by Crippen LogP contribution is 2.41. The molecule has 0 spiro atoms. The van der Waals surface area contributed by atoms with Gasteiger partial charge >= 0.3 is 0 Å². The Morgan fingerprint density at radius 1 is 1.14 bits per heavy atom. The number of hydrogen-bond acceptors (Lipinski definition) is 4. The molecule has 0 radical (unpaired) electrons. The van der Waals surface area contributed by atoms with E-state index in [-0.39, 0.29) is 29.6 Å². The third-order valence-corrected chi connectivity index (χ3v) is 8.05. The quantitative estimate of drug-likeness (QED) is 0.430. The molecule has 3 aromatic carbocycles. The lowest BCUT2D eigenvalue weighted by atomic mass is 9.91. The van der Waals surface area contributed by atoms with Crippen molar-refractivity contribution in [3.63, 3.8) is 0 Å². The van der Waals surface area contributed by atoms with E-state index in [0.29, 0.717) is 25.9 Å². The summed E-state index contributed by atoms with van der Waals surface area (Å²) in [5.74, 6) is 0.213. The van der Waals surface area contributed by atoms with Crippen LogP contribution in [0.15, 0.2) is 59.1 Å². The van der Waals surface area contributed by atoms with Crippen LogP contribution in [0.4, 0.5) is 5.69 Å². The van der Waals surface area contributed by atoms with Crippen molar-refractivity contribution in [1.82, 2.24) is 10.6 Å². The van der Waals surface area contributed by atoms with E-state index in [1.165, 1.54) is 5.56 Å². The summed E-state index contributed by atoms with van der Waals surface area (Å²) in [7, 11) is 0. The second-order valence-electron chi connectivity index (χ2n) is 10.1. The molecule has 3 N–H and O–H groups in total. The van der Waals surface area contributed by atoms with Gasteiger partial charge in [-0.3, -0.25) is 9.59 Å². The molecule has 0 bridgehead atoms. The number of hydrogen-bond donors (Lipinski definition) is 3. The van der Waals surface area contributed by atoms with E-state index < -0.39 is 0 Å². The van der Waals surface area contributed by atoms with Crippen LogP contribution in [0, 0.1) is 6.92 Å². The van der Waals surface area contributed by atoms with E-state index in [9.17, 15) is 14.7 Å². The fraction of sp³-hybridized carbons (Fsp3) is 0.333. The molecule has 192 valence electrons. The normalized spacial score (nSPS) is 18.9. The Bertz CT molecular complexity index is 1340. The summed E-state index contributed by atoms with van der Waals surface area (Å²) in [5.41, 5.74) is 7.36. The minimum Gasteiger partial charge on any atom is -0.508 e. The van der Waals surface area contributed by atoms with Crippen molar-refractivity contribution in [2.45, 2.75) is 51.6 Å². The van der Waals surface area contributed by atoms with Crippen molar-refractivity contribution in [2.24, 2.45) is 0 Å². The lowest BCUT2D eigenvalue weighted by Crippen LogP contribution is -2.48. The summed E-state index contributed by atoms with van der Waals surface area (Å²) in [6.45, 7) is 4.78. The predicted molar refractivity (Wildman–Crippen MR) is 149 cm³/mol. The van der Waals surface area contributed by atoms with Crippen molar-refractivity contribution in [2.75, 3.05) is 18.0 Å². The average molecular weight is 563 g/mol. The monoisotopic (exact) mass is 561 g/mol. The number of phenols is 1. The van der Waals surface area contributed by atoms with Crippen LogP contribution in [0.25, 0.3) is 0 Å². The first-order valence-corrected chi connectivity index (χ1v) is 13.6. The molecule has 0 fully saturated rings. The number of fused-ring (bicyclic) bond motifs is 2. The highest BCUT2D eigenvalue weighted by molar-refractivity contribution is 9.10. The fourth-order valence-corrected chi connectivity index (χ4v) is 6.39. The van der Waals surface area contributed by atoms with Gasteiger partial charge in [0.15, 0.2) is 0 Å². The van der Waals surface area contributed by atoms with Gasteiger partial charge in [0.05, 0.1) is 17.8 Å². The Labute approximate surface area is 226 Å². The molecule has 3 aromatic rings.